The summed E-state index contributed by atoms with van der Waals surface area (Å²) in [5.41, 5.74) is 3.59. The lowest BCUT2D eigenvalue weighted by Crippen LogP contribution is -2.47. The average Bonchev–Trinajstić information content (AvgIpc) is 2.69. The number of anilines is 2. The molecule has 0 radical (unpaired) electrons. The van der Waals surface area contributed by atoms with E-state index in [1.807, 2.05) is 31.2 Å². The third-order valence-corrected chi connectivity index (χ3v) is 4.92. The first-order valence-electron chi connectivity index (χ1n) is 9.03. The molecule has 5 nitrogen and oxygen atoms in total. The van der Waals surface area contributed by atoms with Gasteiger partial charge in [-0.1, -0.05) is 24.3 Å². The van der Waals surface area contributed by atoms with Gasteiger partial charge in [-0.2, -0.15) is 0 Å². The molecule has 6 heteroatoms. The topological polar surface area (TPSA) is 52.2 Å². The van der Waals surface area contributed by atoms with Crippen LogP contribution in [0.2, 0.25) is 0 Å². The van der Waals surface area contributed by atoms with E-state index < -0.39 is 0 Å². The lowest BCUT2D eigenvalue weighted by Gasteiger charge is -2.36. The first-order chi connectivity index (χ1) is 13.1. The summed E-state index contributed by atoms with van der Waals surface area (Å²) >= 11 is 0. The maximum atomic E-state index is 13.1. The Labute approximate surface area is 157 Å². The second kappa shape index (κ2) is 7.23. The quantitative estimate of drug-likeness (QED) is 0.775. The van der Waals surface area contributed by atoms with Gasteiger partial charge in [-0.05, 0) is 36.8 Å². The third kappa shape index (κ3) is 3.69. The van der Waals surface area contributed by atoms with Crippen molar-refractivity contribution in [3.8, 4) is 11.3 Å². The molecule has 0 amide bonds. The average molecular weight is 364 g/mol. The number of nitrogens with one attached hydrogen (secondary N) is 1. The van der Waals surface area contributed by atoms with E-state index in [1.165, 1.54) is 12.1 Å². The molecule has 2 aromatic carbocycles. The molecule has 0 spiro atoms. The molecular formula is C21H21FN4O. The smallest absolute Gasteiger partial charge is 0.252 e. The van der Waals surface area contributed by atoms with Crippen LogP contribution in [0.3, 0.4) is 0 Å². The number of hydrogen-bond donors (Lipinski definition) is 1. The van der Waals surface area contributed by atoms with Crippen LogP contribution in [0.5, 0.6) is 0 Å². The Hall–Kier alpha value is -3.15. The molecule has 2 heterocycles. The summed E-state index contributed by atoms with van der Waals surface area (Å²) in [5, 5.41) is 0. The van der Waals surface area contributed by atoms with Gasteiger partial charge in [0, 0.05) is 43.5 Å². The number of aromatic nitrogens is 2. The van der Waals surface area contributed by atoms with Crippen molar-refractivity contribution in [3.63, 3.8) is 0 Å². The number of rotatable bonds is 3. The second-order valence-corrected chi connectivity index (χ2v) is 6.72. The van der Waals surface area contributed by atoms with Gasteiger partial charge < -0.3 is 9.80 Å². The van der Waals surface area contributed by atoms with Crippen LogP contribution < -0.4 is 15.4 Å². The fourth-order valence-electron chi connectivity index (χ4n) is 3.42. The SMILES string of the molecule is Cc1ccccc1-c1cc(=O)[nH]c(N2CCN(c3ccc(F)cc3)CC2)n1. The zero-order valence-electron chi connectivity index (χ0n) is 15.2. The molecule has 1 fully saturated rings. The summed E-state index contributed by atoms with van der Waals surface area (Å²) in [5.74, 6) is 0.367. The highest BCUT2D eigenvalue weighted by Crippen LogP contribution is 2.23. The second-order valence-electron chi connectivity index (χ2n) is 6.72. The highest BCUT2D eigenvalue weighted by Gasteiger charge is 2.20. The summed E-state index contributed by atoms with van der Waals surface area (Å²) in [6.45, 7) is 5.04. The van der Waals surface area contributed by atoms with Gasteiger partial charge in [0.2, 0.25) is 5.95 Å². The molecule has 3 aromatic rings. The maximum Gasteiger partial charge on any atom is 0.252 e. The molecule has 0 atom stereocenters. The number of nitrogens with zero attached hydrogens (tertiary/aromatic N) is 3. The van der Waals surface area contributed by atoms with Crippen LogP contribution in [-0.2, 0) is 0 Å². The van der Waals surface area contributed by atoms with Crippen LogP contribution in [-0.4, -0.2) is 36.1 Å². The Morgan fingerprint density at radius 1 is 0.963 bits per heavy atom. The molecule has 138 valence electrons. The molecular weight excluding hydrogens is 343 g/mol. The van der Waals surface area contributed by atoms with Crippen LogP contribution in [0.1, 0.15) is 5.56 Å². The number of aromatic amines is 1. The maximum absolute atomic E-state index is 13.1. The van der Waals surface area contributed by atoms with Crippen molar-refractivity contribution < 1.29 is 4.39 Å². The molecule has 1 aliphatic heterocycles. The molecule has 1 aliphatic rings. The van der Waals surface area contributed by atoms with Crippen molar-refractivity contribution in [1.29, 1.82) is 0 Å². The van der Waals surface area contributed by atoms with E-state index in [0.29, 0.717) is 11.6 Å². The van der Waals surface area contributed by atoms with E-state index in [0.717, 1.165) is 43.0 Å². The minimum atomic E-state index is -0.229. The summed E-state index contributed by atoms with van der Waals surface area (Å²) in [6.07, 6.45) is 0. The lowest BCUT2D eigenvalue weighted by atomic mass is 10.1. The van der Waals surface area contributed by atoms with Crippen molar-refractivity contribution in [1.82, 2.24) is 9.97 Å². The third-order valence-electron chi connectivity index (χ3n) is 4.92. The van der Waals surface area contributed by atoms with Gasteiger partial charge in [0.25, 0.3) is 5.56 Å². The van der Waals surface area contributed by atoms with E-state index in [1.54, 1.807) is 18.2 Å². The fraction of sp³-hybridized carbons (Fsp3) is 0.238. The Balaban J connectivity index is 1.54. The molecule has 0 saturated carbocycles. The number of H-pyrrole nitrogens is 1. The summed E-state index contributed by atoms with van der Waals surface area (Å²) in [6, 6.07) is 16.0. The van der Waals surface area contributed by atoms with E-state index in [2.05, 4.69) is 14.8 Å². The van der Waals surface area contributed by atoms with Crippen LogP contribution in [0.4, 0.5) is 16.0 Å². The Morgan fingerprint density at radius 3 is 2.33 bits per heavy atom. The van der Waals surface area contributed by atoms with Gasteiger partial charge in [-0.15, -0.1) is 0 Å². The summed E-state index contributed by atoms with van der Waals surface area (Å²) in [7, 11) is 0. The van der Waals surface area contributed by atoms with Crippen molar-refractivity contribution in [3.05, 3.63) is 76.3 Å². The Morgan fingerprint density at radius 2 is 1.63 bits per heavy atom. The van der Waals surface area contributed by atoms with Crippen LogP contribution >= 0.6 is 0 Å². The van der Waals surface area contributed by atoms with Gasteiger partial charge in [-0.25, -0.2) is 9.37 Å². The van der Waals surface area contributed by atoms with E-state index in [4.69, 9.17) is 4.98 Å². The number of benzene rings is 2. The van der Waals surface area contributed by atoms with E-state index >= 15 is 0 Å². The van der Waals surface area contributed by atoms with E-state index in [-0.39, 0.29) is 11.4 Å². The van der Waals surface area contributed by atoms with E-state index in [9.17, 15) is 9.18 Å². The predicted octanol–water partition coefficient (Wildman–Crippen LogP) is 3.21. The molecule has 0 bridgehead atoms. The van der Waals surface area contributed by atoms with Crippen molar-refractivity contribution in [2.24, 2.45) is 0 Å². The lowest BCUT2D eigenvalue weighted by molar-refractivity contribution is 0.623. The van der Waals surface area contributed by atoms with Crippen molar-refractivity contribution in [2.75, 3.05) is 36.0 Å². The number of aryl methyl sites for hydroxylation is 1. The number of hydrogen-bond acceptors (Lipinski definition) is 4. The standard InChI is InChI=1S/C21H21FN4O/c1-15-4-2-3-5-18(15)19-14-20(27)24-21(23-19)26-12-10-25(11-13-26)17-8-6-16(22)7-9-17/h2-9,14H,10-13H2,1H3,(H,23,24,27). The first kappa shape index (κ1) is 17.3. The zero-order valence-corrected chi connectivity index (χ0v) is 15.2. The monoisotopic (exact) mass is 364 g/mol. The fourth-order valence-corrected chi connectivity index (χ4v) is 3.42. The predicted molar refractivity (Wildman–Crippen MR) is 106 cm³/mol. The Kier molecular flexibility index (Phi) is 4.62. The molecule has 4 rings (SSSR count). The largest absolute Gasteiger partial charge is 0.368 e. The van der Waals surface area contributed by atoms with Gasteiger partial charge in [0.1, 0.15) is 5.82 Å². The van der Waals surface area contributed by atoms with Gasteiger partial charge in [0.15, 0.2) is 0 Å². The van der Waals surface area contributed by atoms with Crippen molar-refractivity contribution >= 4 is 11.6 Å². The minimum Gasteiger partial charge on any atom is -0.368 e. The summed E-state index contributed by atoms with van der Waals surface area (Å²) in [4.78, 5) is 24.0. The first-order valence-corrected chi connectivity index (χ1v) is 9.03. The zero-order chi connectivity index (χ0) is 18.8. The van der Waals surface area contributed by atoms with Gasteiger partial charge in [0.05, 0.1) is 5.69 Å². The van der Waals surface area contributed by atoms with Crippen LogP contribution in [0.15, 0.2) is 59.4 Å². The van der Waals surface area contributed by atoms with Gasteiger partial charge >= 0.3 is 0 Å². The van der Waals surface area contributed by atoms with Crippen molar-refractivity contribution in [2.45, 2.75) is 6.92 Å². The Bertz CT molecular complexity index is 992. The molecule has 1 saturated heterocycles. The molecule has 27 heavy (non-hydrogen) atoms. The highest BCUT2D eigenvalue weighted by atomic mass is 19.1. The highest BCUT2D eigenvalue weighted by molar-refractivity contribution is 5.64. The number of piperazine rings is 1. The molecule has 0 unspecified atom stereocenters. The van der Waals surface area contributed by atoms with Crippen LogP contribution in [0, 0.1) is 12.7 Å². The molecule has 1 aromatic heterocycles. The molecule has 0 aliphatic carbocycles. The number of halogens is 1. The molecule has 1 N–H and O–H groups in total. The normalized spacial score (nSPS) is 14.4. The summed E-state index contributed by atoms with van der Waals surface area (Å²) < 4.78 is 13.1. The van der Waals surface area contributed by atoms with Crippen LogP contribution in [0.25, 0.3) is 11.3 Å². The van der Waals surface area contributed by atoms with Gasteiger partial charge in [-0.3, -0.25) is 9.78 Å². The minimum absolute atomic E-state index is 0.154.